The van der Waals surface area contributed by atoms with Crippen molar-refractivity contribution >= 4 is 26.0 Å². The van der Waals surface area contributed by atoms with Gasteiger partial charge in [0.25, 0.3) is 0 Å². The number of aromatic nitrogens is 4. The third-order valence-electron chi connectivity index (χ3n) is 3.47. The Bertz CT molecular complexity index is 972. The molecule has 0 spiro atoms. The van der Waals surface area contributed by atoms with Crippen molar-refractivity contribution in [3.8, 4) is 11.4 Å². The number of ether oxygens (including phenoxy) is 1. The first-order chi connectivity index (χ1) is 12.5. The molecule has 0 fully saturated rings. The van der Waals surface area contributed by atoms with Gasteiger partial charge in [0.15, 0.2) is 5.82 Å². The Balaban J connectivity index is 1.75. The second-order valence-electron chi connectivity index (χ2n) is 5.21. The highest BCUT2D eigenvalue weighted by Crippen LogP contribution is 2.17. The number of nitrogens with zero attached hydrogens (tertiary/aromatic N) is 4. The van der Waals surface area contributed by atoms with Gasteiger partial charge >= 0.3 is 0 Å². The van der Waals surface area contributed by atoms with E-state index in [2.05, 4.69) is 36.2 Å². The number of sulfonamides is 1. The molecule has 0 aliphatic carbocycles. The minimum atomic E-state index is -3.67. The summed E-state index contributed by atoms with van der Waals surface area (Å²) in [5.41, 5.74) is 0.705. The molecule has 1 heterocycles. The molecule has 3 rings (SSSR count). The van der Waals surface area contributed by atoms with Crippen LogP contribution >= 0.6 is 15.9 Å². The molecule has 0 aliphatic heterocycles. The van der Waals surface area contributed by atoms with E-state index >= 15 is 0 Å². The van der Waals surface area contributed by atoms with Gasteiger partial charge in [0.1, 0.15) is 5.75 Å². The fourth-order valence-corrected chi connectivity index (χ4v) is 3.47. The van der Waals surface area contributed by atoms with Gasteiger partial charge in [-0.2, -0.15) is 4.68 Å². The largest absolute Gasteiger partial charge is 0.494 e. The topological polar surface area (TPSA) is 99.0 Å². The standard InChI is InChI=1S/C16H16BrN5O3S/c1-2-25-14-7-5-13(6-8-14)22-16(19-20-21-22)11-18-26(23,24)15-9-3-12(17)4-10-15/h3-10,18H,2,11H2,1H3. The maximum absolute atomic E-state index is 12.4. The summed E-state index contributed by atoms with van der Waals surface area (Å²) in [6.45, 7) is 2.44. The van der Waals surface area contributed by atoms with Gasteiger partial charge in [-0.25, -0.2) is 13.1 Å². The fourth-order valence-electron chi connectivity index (χ4n) is 2.22. The molecule has 1 aromatic heterocycles. The van der Waals surface area contributed by atoms with Crippen molar-refractivity contribution in [1.82, 2.24) is 24.9 Å². The number of rotatable bonds is 7. The Morgan fingerprint density at radius 1 is 1.12 bits per heavy atom. The molecule has 0 bridgehead atoms. The highest BCUT2D eigenvalue weighted by Gasteiger charge is 2.16. The van der Waals surface area contributed by atoms with Crippen LogP contribution in [0.1, 0.15) is 12.7 Å². The van der Waals surface area contributed by atoms with Crippen molar-refractivity contribution in [3.05, 3.63) is 58.8 Å². The van der Waals surface area contributed by atoms with Crippen molar-refractivity contribution in [1.29, 1.82) is 0 Å². The van der Waals surface area contributed by atoms with E-state index in [-0.39, 0.29) is 11.4 Å². The lowest BCUT2D eigenvalue weighted by atomic mass is 10.3. The monoisotopic (exact) mass is 437 g/mol. The number of hydrogen-bond donors (Lipinski definition) is 1. The third-order valence-corrected chi connectivity index (χ3v) is 5.42. The molecule has 3 aromatic rings. The molecule has 136 valence electrons. The van der Waals surface area contributed by atoms with E-state index in [9.17, 15) is 8.42 Å². The molecule has 0 atom stereocenters. The second kappa shape index (κ2) is 7.94. The summed E-state index contributed by atoms with van der Waals surface area (Å²) in [7, 11) is -3.67. The number of hydrogen-bond acceptors (Lipinski definition) is 6. The third kappa shape index (κ3) is 4.26. The molecule has 0 unspecified atom stereocenters. The summed E-state index contributed by atoms with van der Waals surface area (Å²) in [5.74, 6) is 1.11. The highest BCUT2D eigenvalue weighted by molar-refractivity contribution is 9.10. The molecular weight excluding hydrogens is 422 g/mol. The molecule has 0 saturated heterocycles. The molecule has 10 heteroatoms. The summed E-state index contributed by atoms with van der Waals surface area (Å²) in [6.07, 6.45) is 0. The van der Waals surface area contributed by atoms with Gasteiger partial charge < -0.3 is 4.74 Å². The van der Waals surface area contributed by atoms with Crippen molar-refractivity contribution in [2.24, 2.45) is 0 Å². The summed E-state index contributed by atoms with van der Waals surface area (Å²) in [5, 5.41) is 11.5. The summed E-state index contributed by atoms with van der Waals surface area (Å²) < 4.78 is 34.9. The Morgan fingerprint density at radius 3 is 2.46 bits per heavy atom. The van der Waals surface area contributed by atoms with E-state index in [1.807, 2.05) is 6.92 Å². The van der Waals surface area contributed by atoms with Crippen molar-refractivity contribution in [2.75, 3.05) is 6.61 Å². The molecule has 1 N–H and O–H groups in total. The summed E-state index contributed by atoms with van der Waals surface area (Å²) in [4.78, 5) is 0.167. The van der Waals surface area contributed by atoms with Gasteiger partial charge in [0.05, 0.1) is 23.7 Å². The van der Waals surface area contributed by atoms with Crippen LogP contribution < -0.4 is 9.46 Å². The molecule has 26 heavy (non-hydrogen) atoms. The summed E-state index contributed by atoms with van der Waals surface area (Å²) >= 11 is 3.28. The molecule has 0 amide bonds. The van der Waals surface area contributed by atoms with Gasteiger partial charge in [0, 0.05) is 4.47 Å². The van der Waals surface area contributed by atoms with Gasteiger partial charge in [-0.05, 0) is 65.9 Å². The fraction of sp³-hybridized carbons (Fsp3) is 0.188. The minimum absolute atomic E-state index is 0.0430. The van der Waals surface area contributed by atoms with Gasteiger partial charge in [0.2, 0.25) is 10.0 Å². The Kier molecular flexibility index (Phi) is 5.64. The SMILES string of the molecule is CCOc1ccc(-n2nnnc2CNS(=O)(=O)c2ccc(Br)cc2)cc1. The summed E-state index contributed by atoms with van der Waals surface area (Å²) in [6, 6.07) is 13.6. The van der Waals surface area contributed by atoms with E-state index in [1.54, 1.807) is 36.4 Å². The molecule has 2 aromatic carbocycles. The average molecular weight is 438 g/mol. The first-order valence-corrected chi connectivity index (χ1v) is 10.0. The van der Waals surface area contributed by atoms with Gasteiger partial charge in [-0.1, -0.05) is 15.9 Å². The zero-order valence-corrected chi connectivity index (χ0v) is 16.2. The molecule has 8 nitrogen and oxygen atoms in total. The van der Waals surface area contributed by atoms with E-state index < -0.39 is 10.0 Å². The number of benzene rings is 2. The van der Waals surface area contributed by atoms with E-state index in [4.69, 9.17) is 4.74 Å². The number of halogens is 1. The number of tetrazole rings is 1. The van der Waals surface area contributed by atoms with Crippen LogP contribution in [0.2, 0.25) is 0 Å². The second-order valence-corrected chi connectivity index (χ2v) is 7.89. The van der Waals surface area contributed by atoms with Gasteiger partial charge in [-0.15, -0.1) is 5.10 Å². The zero-order valence-electron chi connectivity index (χ0n) is 13.8. The molecule has 0 saturated carbocycles. The smallest absolute Gasteiger partial charge is 0.240 e. The normalized spacial score (nSPS) is 11.5. The molecular formula is C16H16BrN5O3S. The highest BCUT2D eigenvalue weighted by atomic mass is 79.9. The minimum Gasteiger partial charge on any atom is -0.494 e. The predicted molar refractivity (Wildman–Crippen MR) is 98.5 cm³/mol. The van der Waals surface area contributed by atoms with Gasteiger partial charge in [-0.3, -0.25) is 0 Å². The van der Waals surface area contributed by atoms with E-state index in [1.165, 1.54) is 16.8 Å². The zero-order chi connectivity index (χ0) is 18.6. The van der Waals surface area contributed by atoms with E-state index in [0.29, 0.717) is 18.1 Å². The van der Waals surface area contributed by atoms with Crippen LogP contribution in [0.3, 0.4) is 0 Å². The van der Waals surface area contributed by atoms with Crippen molar-refractivity contribution in [3.63, 3.8) is 0 Å². The maximum Gasteiger partial charge on any atom is 0.240 e. The first kappa shape index (κ1) is 18.5. The number of nitrogens with one attached hydrogen (secondary N) is 1. The van der Waals surface area contributed by atoms with Crippen molar-refractivity contribution in [2.45, 2.75) is 18.4 Å². The predicted octanol–water partition coefficient (Wildman–Crippen LogP) is 2.30. The van der Waals surface area contributed by atoms with Crippen LogP contribution in [-0.2, 0) is 16.6 Å². The molecule has 0 radical (unpaired) electrons. The average Bonchev–Trinajstić information content (AvgIpc) is 3.10. The lowest BCUT2D eigenvalue weighted by Crippen LogP contribution is -2.25. The quantitative estimate of drug-likeness (QED) is 0.608. The van der Waals surface area contributed by atoms with Crippen LogP contribution in [0.25, 0.3) is 5.69 Å². The van der Waals surface area contributed by atoms with Crippen LogP contribution in [0, 0.1) is 0 Å². The van der Waals surface area contributed by atoms with E-state index in [0.717, 1.165) is 10.2 Å². The Hall–Kier alpha value is -2.30. The lowest BCUT2D eigenvalue weighted by Gasteiger charge is -2.08. The Labute approximate surface area is 159 Å². The maximum atomic E-state index is 12.4. The molecule has 0 aliphatic rings. The van der Waals surface area contributed by atoms with Crippen LogP contribution in [0.5, 0.6) is 5.75 Å². The van der Waals surface area contributed by atoms with Crippen LogP contribution in [0.15, 0.2) is 57.9 Å². The van der Waals surface area contributed by atoms with Crippen LogP contribution in [-0.4, -0.2) is 35.2 Å². The van der Waals surface area contributed by atoms with Crippen molar-refractivity contribution < 1.29 is 13.2 Å². The van der Waals surface area contributed by atoms with Crippen LogP contribution in [0.4, 0.5) is 0 Å². The first-order valence-electron chi connectivity index (χ1n) is 7.75. The Morgan fingerprint density at radius 2 is 1.81 bits per heavy atom. The lowest BCUT2D eigenvalue weighted by molar-refractivity contribution is 0.340.